The molecular formula is C27H31NO3. The Balaban J connectivity index is 1.41. The van der Waals surface area contributed by atoms with Crippen molar-refractivity contribution in [2.24, 2.45) is 5.92 Å². The van der Waals surface area contributed by atoms with Gasteiger partial charge in [-0.1, -0.05) is 67.6 Å². The van der Waals surface area contributed by atoms with Gasteiger partial charge in [-0.15, -0.1) is 0 Å². The lowest BCUT2D eigenvalue weighted by atomic mass is 9.80. The van der Waals surface area contributed by atoms with Crippen LogP contribution in [0.3, 0.4) is 0 Å². The van der Waals surface area contributed by atoms with Crippen LogP contribution in [0.1, 0.15) is 36.5 Å². The van der Waals surface area contributed by atoms with Crippen molar-refractivity contribution in [3.05, 3.63) is 95.6 Å². The molecule has 1 heterocycles. The van der Waals surface area contributed by atoms with Crippen LogP contribution in [0.5, 0.6) is 11.5 Å². The molecular weight excluding hydrogens is 386 g/mol. The third-order valence-corrected chi connectivity index (χ3v) is 6.02. The molecule has 0 spiro atoms. The van der Waals surface area contributed by atoms with E-state index in [1.807, 2.05) is 43.3 Å². The molecule has 4 unspecified atom stereocenters. The van der Waals surface area contributed by atoms with Crippen LogP contribution in [-0.4, -0.2) is 30.4 Å². The number of ether oxygens (including phenoxy) is 2. The molecule has 4 heteroatoms. The Hall–Kier alpha value is -2.82. The highest BCUT2D eigenvalue weighted by Gasteiger charge is 2.29. The monoisotopic (exact) mass is 417 g/mol. The van der Waals surface area contributed by atoms with Crippen molar-refractivity contribution in [2.45, 2.75) is 38.6 Å². The highest BCUT2D eigenvalue weighted by Crippen LogP contribution is 2.41. The molecule has 4 atom stereocenters. The van der Waals surface area contributed by atoms with E-state index in [-0.39, 0.29) is 12.0 Å². The standard InChI is InChI=1S/C27H31NO3/c1-19(16-28-17-25(29)20(2)31-22-11-4-3-5-12-22)27-23-13-7-6-10-21(23)18-30-26-15-9-8-14-24(26)27/h3-15,19-20,25,27-29H,16-18H2,1-2H3. The zero-order valence-corrected chi connectivity index (χ0v) is 18.2. The lowest BCUT2D eigenvalue weighted by Crippen LogP contribution is -2.39. The molecule has 0 saturated heterocycles. The fraction of sp³-hybridized carbons (Fsp3) is 0.333. The van der Waals surface area contributed by atoms with E-state index in [1.165, 1.54) is 16.7 Å². The molecule has 0 aromatic heterocycles. The SMILES string of the molecule is CC(CNCC(O)C(C)Oc1ccccc1)C1c2ccccc2COc2ccccc21. The maximum Gasteiger partial charge on any atom is 0.123 e. The van der Waals surface area contributed by atoms with Crippen LogP contribution in [0.4, 0.5) is 0 Å². The van der Waals surface area contributed by atoms with Crippen LogP contribution >= 0.6 is 0 Å². The molecule has 162 valence electrons. The topological polar surface area (TPSA) is 50.7 Å². The molecule has 2 N–H and O–H groups in total. The Morgan fingerprint density at radius 1 is 0.903 bits per heavy atom. The Morgan fingerprint density at radius 2 is 1.58 bits per heavy atom. The summed E-state index contributed by atoms with van der Waals surface area (Å²) in [6, 6.07) is 26.5. The number of hydrogen-bond donors (Lipinski definition) is 2. The summed E-state index contributed by atoms with van der Waals surface area (Å²) in [6.45, 7) is 6.01. The van der Waals surface area contributed by atoms with Crippen molar-refractivity contribution in [3.8, 4) is 11.5 Å². The molecule has 31 heavy (non-hydrogen) atoms. The van der Waals surface area contributed by atoms with Crippen molar-refractivity contribution < 1.29 is 14.6 Å². The Kier molecular flexibility index (Phi) is 6.90. The smallest absolute Gasteiger partial charge is 0.123 e. The minimum Gasteiger partial charge on any atom is -0.489 e. The number of nitrogens with one attached hydrogen (secondary N) is 1. The number of aliphatic hydroxyl groups is 1. The van der Waals surface area contributed by atoms with Gasteiger partial charge in [-0.2, -0.15) is 0 Å². The zero-order valence-electron chi connectivity index (χ0n) is 18.2. The van der Waals surface area contributed by atoms with Gasteiger partial charge in [-0.05, 0) is 48.7 Å². The van der Waals surface area contributed by atoms with Crippen LogP contribution in [0.25, 0.3) is 0 Å². The fourth-order valence-electron chi connectivity index (χ4n) is 4.31. The first-order chi connectivity index (χ1) is 15.1. The normalized spacial score (nSPS) is 18.0. The van der Waals surface area contributed by atoms with Crippen LogP contribution < -0.4 is 14.8 Å². The molecule has 0 fully saturated rings. The quantitative estimate of drug-likeness (QED) is 0.555. The van der Waals surface area contributed by atoms with E-state index in [1.54, 1.807) is 0 Å². The predicted octanol–water partition coefficient (Wildman–Crippen LogP) is 4.77. The summed E-state index contributed by atoms with van der Waals surface area (Å²) < 4.78 is 12.0. The maximum absolute atomic E-state index is 10.6. The summed E-state index contributed by atoms with van der Waals surface area (Å²) in [6.07, 6.45) is -0.887. The Morgan fingerprint density at radius 3 is 2.39 bits per heavy atom. The maximum atomic E-state index is 10.6. The summed E-state index contributed by atoms with van der Waals surface area (Å²) in [5.74, 6) is 2.29. The molecule has 0 saturated carbocycles. The van der Waals surface area contributed by atoms with Gasteiger partial charge < -0.3 is 19.9 Å². The number of aliphatic hydroxyl groups excluding tert-OH is 1. The van der Waals surface area contributed by atoms with Gasteiger partial charge in [0.2, 0.25) is 0 Å². The summed E-state index contributed by atoms with van der Waals surface area (Å²) in [5.41, 5.74) is 3.78. The van der Waals surface area contributed by atoms with E-state index in [0.29, 0.717) is 19.1 Å². The first-order valence-electron chi connectivity index (χ1n) is 11.0. The highest BCUT2D eigenvalue weighted by atomic mass is 16.5. The molecule has 1 aliphatic rings. The first kappa shape index (κ1) is 21.4. The largest absolute Gasteiger partial charge is 0.489 e. The molecule has 0 aliphatic carbocycles. The second-order valence-corrected chi connectivity index (χ2v) is 8.34. The number of para-hydroxylation sites is 2. The molecule has 0 radical (unpaired) electrons. The molecule has 3 aromatic rings. The van der Waals surface area contributed by atoms with Gasteiger partial charge >= 0.3 is 0 Å². The summed E-state index contributed by atoms with van der Waals surface area (Å²) >= 11 is 0. The van der Waals surface area contributed by atoms with Crippen LogP contribution in [0, 0.1) is 5.92 Å². The number of rotatable bonds is 8. The van der Waals surface area contributed by atoms with E-state index in [9.17, 15) is 5.11 Å². The summed E-state index contributed by atoms with van der Waals surface area (Å²) in [7, 11) is 0. The first-order valence-corrected chi connectivity index (χ1v) is 11.0. The zero-order chi connectivity index (χ0) is 21.6. The van der Waals surface area contributed by atoms with Gasteiger partial charge in [0.1, 0.15) is 30.3 Å². The van der Waals surface area contributed by atoms with Crippen molar-refractivity contribution in [1.29, 1.82) is 0 Å². The van der Waals surface area contributed by atoms with Crippen molar-refractivity contribution in [2.75, 3.05) is 13.1 Å². The molecule has 3 aromatic carbocycles. The molecule has 1 aliphatic heterocycles. The van der Waals surface area contributed by atoms with Crippen LogP contribution in [-0.2, 0) is 6.61 Å². The fourth-order valence-corrected chi connectivity index (χ4v) is 4.31. The van der Waals surface area contributed by atoms with Gasteiger partial charge in [0.05, 0.1) is 0 Å². The summed E-state index contributed by atoms with van der Waals surface area (Å²) in [5, 5.41) is 14.0. The van der Waals surface area contributed by atoms with Crippen molar-refractivity contribution >= 4 is 0 Å². The highest BCUT2D eigenvalue weighted by molar-refractivity contribution is 5.47. The van der Waals surface area contributed by atoms with Crippen LogP contribution in [0.2, 0.25) is 0 Å². The number of hydrogen-bond acceptors (Lipinski definition) is 4. The molecule has 0 bridgehead atoms. The molecule has 4 rings (SSSR count). The van der Waals surface area contributed by atoms with Gasteiger partial charge in [-0.3, -0.25) is 0 Å². The van der Waals surface area contributed by atoms with E-state index in [0.717, 1.165) is 18.0 Å². The van der Waals surface area contributed by atoms with Crippen LogP contribution in [0.15, 0.2) is 78.9 Å². The molecule has 0 amide bonds. The number of fused-ring (bicyclic) bond motifs is 2. The van der Waals surface area contributed by atoms with E-state index in [4.69, 9.17) is 9.47 Å². The minimum atomic E-state index is -0.593. The van der Waals surface area contributed by atoms with E-state index >= 15 is 0 Å². The van der Waals surface area contributed by atoms with Crippen molar-refractivity contribution in [3.63, 3.8) is 0 Å². The second kappa shape index (κ2) is 9.99. The Labute approximate surface area is 184 Å². The third-order valence-electron chi connectivity index (χ3n) is 6.02. The lowest BCUT2D eigenvalue weighted by Gasteiger charge is -2.27. The minimum absolute atomic E-state index is 0.234. The average Bonchev–Trinajstić information content (AvgIpc) is 2.96. The van der Waals surface area contributed by atoms with Gasteiger partial charge in [0, 0.05) is 18.0 Å². The van der Waals surface area contributed by atoms with Gasteiger partial charge in [0.15, 0.2) is 0 Å². The van der Waals surface area contributed by atoms with E-state index < -0.39 is 6.10 Å². The third kappa shape index (κ3) is 5.09. The Bertz CT molecular complexity index is 927. The number of benzene rings is 3. The molecule has 4 nitrogen and oxygen atoms in total. The average molecular weight is 418 g/mol. The lowest BCUT2D eigenvalue weighted by molar-refractivity contribution is 0.0471. The summed E-state index contributed by atoms with van der Waals surface area (Å²) in [4.78, 5) is 0. The van der Waals surface area contributed by atoms with Crippen molar-refractivity contribution in [1.82, 2.24) is 5.32 Å². The predicted molar refractivity (Wildman–Crippen MR) is 124 cm³/mol. The van der Waals surface area contributed by atoms with E-state index in [2.05, 4.69) is 54.7 Å². The van der Waals surface area contributed by atoms with Gasteiger partial charge in [-0.25, -0.2) is 0 Å². The van der Waals surface area contributed by atoms with Gasteiger partial charge in [0.25, 0.3) is 0 Å². The second-order valence-electron chi connectivity index (χ2n) is 8.34.